The van der Waals surface area contributed by atoms with E-state index in [0.717, 1.165) is 25.2 Å². The van der Waals surface area contributed by atoms with Crippen LogP contribution in [0.25, 0.3) is 0 Å². The van der Waals surface area contributed by atoms with Crippen LogP contribution < -0.4 is 0 Å². The molecular formula is C17H28O2. The second-order valence-corrected chi connectivity index (χ2v) is 5.81. The molecule has 19 heavy (non-hydrogen) atoms. The molecule has 1 aliphatic carbocycles. The fourth-order valence-electron chi connectivity index (χ4n) is 2.44. The van der Waals surface area contributed by atoms with E-state index in [1.165, 1.54) is 19.3 Å². The molecule has 0 atom stereocenters. The van der Waals surface area contributed by atoms with E-state index in [0.29, 0.717) is 6.42 Å². The van der Waals surface area contributed by atoms with Crippen molar-refractivity contribution in [3.63, 3.8) is 0 Å². The van der Waals surface area contributed by atoms with Crippen molar-refractivity contribution in [2.45, 2.75) is 64.4 Å². The van der Waals surface area contributed by atoms with Crippen LogP contribution in [0.4, 0.5) is 0 Å². The van der Waals surface area contributed by atoms with E-state index in [1.807, 2.05) is 24.3 Å². The van der Waals surface area contributed by atoms with Crippen molar-refractivity contribution in [1.82, 2.24) is 0 Å². The number of Topliss-reactive ketones (excluding diaryl/α,β-unsaturated/α-hetero) is 1. The molecule has 0 bridgehead atoms. The predicted molar refractivity (Wildman–Crippen MR) is 80.2 cm³/mol. The second kappa shape index (κ2) is 8.31. The first-order valence-electron chi connectivity index (χ1n) is 7.54. The molecule has 0 saturated heterocycles. The van der Waals surface area contributed by atoms with Gasteiger partial charge in [0.05, 0.1) is 0 Å². The molecular weight excluding hydrogens is 236 g/mol. The monoisotopic (exact) mass is 264 g/mol. The van der Waals surface area contributed by atoms with E-state index in [4.69, 9.17) is 4.74 Å². The average Bonchev–Trinajstić information content (AvgIpc) is 2.42. The quantitative estimate of drug-likeness (QED) is 0.454. The molecule has 0 N–H and O–H groups in total. The number of ketones is 1. The third-order valence-corrected chi connectivity index (χ3v) is 3.71. The van der Waals surface area contributed by atoms with Gasteiger partial charge < -0.3 is 4.74 Å². The summed E-state index contributed by atoms with van der Waals surface area (Å²) >= 11 is 0. The van der Waals surface area contributed by atoms with E-state index >= 15 is 0 Å². The highest BCUT2D eigenvalue weighted by Gasteiger charge is 2.32. The molecule has 0 unspecified atom stereocenters. The molecule has 0 heterocycles. The SMILES string of the molecule is COC1(C(=O)CCCCCCC(C)C)C=CCC=C1. The van der Waals surface area contributed by atoms with Crippen molar-refractivity contribution in [2.24, 2.45) is 5.92 Å². The van der Waals surface area contributed by atoms with Crippen LogP contribution in [0.3, 0.4) is 0 Å². The molecule has 0 aromatic rings. The fraction of sp³-hybridized carbons (Fsp3) is 0.706. The van der Waals surface area contributed by atoms with Gasteiger partial charge in [0.1, 0.15) is 0 Å². The second-order valence-electron chi connectivity index (χ2n) is 5.81. The van der Waals surface area contributed by atoms with E-state index in [2.05, 4.69) is 13.8 Å². The lowest BCUT2D eigenvalue weighted by Crippen LogP contribution is -2.37. The van der Waals surface area contributed by atoms with E-state index in [1.54, 1.807) is 7.11 Å². The number of carbonyl (C=O) groups excluding carboxylic acids is 1. The third-order valence-electron chi connectivity index (χ3n) is 3.71. The Kier molecular flexibility index (Phi) is 7.07. The van der Waals surface area contributed by atoms with Crippen molar-refractivity contribution >= 4 is 5.78 Å². The average molecular weight is 264 g/mol. The molecule has 0 saturated carbocycles. The summed E-state index contributed by atoms with van der Waals surface area (Å²) in [4.78, 5) is 12.3. The minimum atomic E-state index is -0.782. The van der Waals surface area contributed by atoms with Gasteiger partial charge in [0.25, 0.3) is 0 Å². The van der Waals surface area contributed by atoms with Crippen LogP contribution in [0, 0.1) is 5.92 Å². The standard InChI is InChI=1S/C17H28O2/c1-15(2)11-7-4-5-8-12-16(18)17(19-3)13-9-6-10-14-17/h9-10,13-15H,4-8,11-12H2,1-3H3. The molecule has 0 spiro atoms. The van der Waals surface area contributed by atoms with Gasteiger partial charge in [0.2, 0.25) is 0 Å². The Labute approximate surface area is 117 Å². The Balaban J connectivity index is 2.25. The number of carbonyl (C=O) groups is 1. The number of ether oxygens (including phenoxy) is 1. The molecule has 1 aliphatic rings. The molecule has 0 amide bonds. The maximum atomic E-state index is 12.3. The summed E-state index contributed by atoms with van der Waals surface area (Å²) < 4.78 is 5.43. The maximum absolute atomic E-state index is 12.3. The maximum Gasteiger partial charge on any atom is 0.172 e. The van der Waals surface area contributed by atoms with Crippen LogP contribution in [-0.2, 0) is 9.53 Å². The van der Waals surface area contributed by atoms with E-state index in [-0.39, 0.29) is 5.78 Å². The summed E-state index contributed by atoms with van der Waals surface area (Å²) in [6.45, 7) is 4.52. The number of allylic oxidation sites excluding steroid dienone is 2. The number of unbranched alkanes of at least 4 members (excludes halogenated alkanes) is 3. The molecule has 0 aliphatic heterocycles. The summed E-state index contributed by atoms with van der Waals surface area (Å²) in [5.74, 6) is 0.974. The molecule has 2 nitrogen and oxygen atoms in total. The minimum absolute atomic E-state index is 0.186. The van der Waals surface area contributed by atoms with Gasteiger partial charge in [-0.05, 0) is 30.9 Å². The lowest BCUT2D eigenvalue weighted by atomic mass is 9.90. The fourth-order valence-corrected chi connectivity index (χ4v) is 2.44. The lowest BCUT2D eigenvalue weighted by Gasteiger charge is -2.26. The smallest absolute Gasteiger partial charge is 0.172 e. The van der Waals surface area contributed by atoms with Crippen molar-refractivity contribution in [3.05, 3.63) is 24.3 Å². The third kappa shape index (κ3) is 5.32. The number of methoxy groups -OCH3 is 1. The van der Waals surface area contributed by atoms with Crippen LogP contribution in [-0.4, -0.2) is 18.5 Å². The Morgan fingerprint density at radius 1 is 1.16 bits per heavy atom. The Morgan fingerprint density at radius 3 is 2.37 bits per heavy atom. The molecule has 0 aromatic heterocycles. The van der Waals surface area contributed by atoms with Gasteiger partial charge in [-0.1, -0.05) is 51.7 Å². The predicted octanol–water partition coefficient (Wildman–Crippen LogP) is 4.45. The molecule has 0 aromatic carbocycles. The zero-order chi connectivity index (χ0) is 14.1. The van der Waals surface area contributed by atoms with Crippen LogP contribution in [0.1, 0.15) is 58.8 Å². The van der Waals surface area contributed by atoms with Gasteiger partial charge in [-0.15, -0.1) is 0 Å². The molecule has 0 radical (unpaired) electrons. The Hall–Kier alpha value is -0.890. The topological polar surface area (TPSA) is 26.3 Å². The van der Waals surface area contributed by atoms with Crippen LogP contribution in [0.2, 0.25) is 0 Å². The van der Waals surface area contributed by atoms with Crippen molar-refractivity contribution < 1.29 is 9.53 Å². The molecule has 1 rings (SSSR count). The van der Waals surface area contributed by atoms with E-state index in [9.17, 15) is 4.79 Å². The first-order chi connectivity index (χ1) is 9.10. The van der Waals surface area contributed by atoms with Crippen LogP contribution in [0.15, 0.2) is 24.3 Å². The highest BCUT2D eigenvalue weighted by molar-refractivity contribution is 5.91. The van der Waals surface area contributed by atoms with Gasteiger partial charge in [0.15, 0.2) is 11.4 Å². The summed E-state index contributed by atoms with van der Waals surface area (Å²) in [7, 11) is 1.61. The zero-order valence-corrected chi connectivity index (χ0v) is 12.7. The number of hydrogen-bond donors (Lipinski definition) is 0. The summed E-state index contributed by atoms with van der Waals surface area (Å²) in [5.41, 5.74) is -0.782. The van der Waals surface area contributed by atoms with Gasteiger partial charge >= 0.3 is 0 Å². The van der Waals surface area contributed by atoms with Crippen molar-refractivity contribution in [2.75, 3.05) is 7.11 Å². The molecule has 0 fully saturated rings. The van der Waals surface area contributed by atoms with Gasteiger partial charge in [-0.2, -0.15) is 0 Å². The minimum Gasteiger partial charge on any atom is -0.362 e. The highest BCUT2D eigenvalue weighted by Crippen LogP contribution is 2.23. The number of rotatable bonds is 9. The summed E-state index contributed by atoms with van der Waals surface area (Å²) in [6, 6.07) is 0. The summed E-state index contributed by atoms with van der Waals surface area (Å²) in [6.07, 6.45) is 15.2. The van der Waals surface area contributed by atoms with Crippen molar-refractivity contribution in [1.29, 1.82) is 0 Å². The first-order valence-corrected chi connectivity index (χ1v) is 7.54. The van der Waals surface area contributed by atoms with Gasteiger partial charge in [0, 0.05) is 13.5 Å². The van der Waals surface area contributed by atoms with Crippen LogP contribution >= 0.6 is 0 Å². The van der Waals surface area contributed by atoms with E-state index < -0.39 is 5.60 Å². The molecule has 2 heteroatoms. The normalized spacial score (nSPS) is 17.1. The Bertz CT molecular complexity index is 314. The van der Waals surface area contributed by atoms with Gasteiger partial charge in [-0.25, -0.2) is 0 Å². The Morgan fingerprint density at radius 2 is 1.79 bits per heavy atom. The first kappa shape index (κ1) is 16.2. The summed E-state index contributed by atoms with van der Waals surface area (Å²) in [5, 5.41) is 0. The van der Waals surface area contributed by atoms with Gasteiger partial charge in [-0.3, -0.25) is 4.79 Å². The zero-order valence-electron chi connectivity index (χ0n) is 12.7. The largest absolute Gasteiger partial charge is 0.362 e. The lowest BCUT2D eigenvalue weighted by molar-refractivity contribution is -0.131. The van der Waals surface area contributed by atoms with Crippen molar-refractivity contribution in [3.8, 4) is 0 Å². The molecule has 108 valence electrons. The number of hydrogen-bond acceptors (Lipinski definition) is 2. The van der Waals surface area contributed by atoms with Crippen LogP contribution in [0.5, 0.6) is 0 Å². The highest BCUT2D eigenvalue weighted by atomic mass is 16.5.